The van der Waals surface area contributed by atoms with Crippen LogP contribution in [-0.2, 0) is 0 Å². The van der Waals surface area contributed by atoms with Crippen LogP contribution in [0.4, 0.5) is 5.69 Å². The zero-order valence-corrected chi connectivity index (χ0v) is 16.0. The van der Waals surface area contributed by atoms with E-state index in [0.717, 1.165) is 22.9 Å². The Balaban J connectivity index is 1.36. The van der Waals surface area contributed by atoms with E-state index < -0.39 is 0 Å². The quantitative estimate of drug-likeness (QED) is 0.637. The van der Waals surface area contributed by atoms with Crippen LogP contribution in [0.15, 0.2) is 48.0 Å². The maximum atomic E-state index is 12.7. The van der Waals surface area contributed by atoms with Gasteiger partial charge in [0.15, 0.2) is 0 Å². The highest BCUT2D eigenvalue weighted by molar-refractivity contribution is 7.17. The van der Waals surface area contributed by atoms with Gasteiger partial charge in [-0.3, -0.25) is 9.59 Å². The van der Waals surface area contributed by atoms with E-state index in [1.54, 1.807) is 24.4 Å². The Kier molecular flexibility index (Phi) is 4.33. The number of hydrogen-bond acceptors (Lipinski definition) is 5. The van der Waals surface area contributed by atoms with Gasteiger partial charge in [-0.25, -0.2) is 4.98 Å². The lowest BCUT2D eigenvalue weighted by Gasteiger charge is -2.21. The first-order valence-electron chi connectivity index (χ1n) is 9.48. The number of carbonyl (C=O) groups excluding carboxylic acids is 2. The molecular weight excluding hydrogens is 372 g/mol. The van der Waals surface area contributed by atoms with E-state index in [4.69, 9.17) is 0 Å². The molecule has 2 bridgehead atoms. The molecule has 2 aromatic heterocycles. The van der Waals surface area contributed by atoms with Crippen molar-refractivity contribution in [3.05, 3.63) is 59.2 Å². The molecule has 2 amide bonds. The van der Waals surface area contributed by atoms with E-state index in [0.29, 0.717) is 29.0 Å². The summed E-state index contributed by atoms with van der Waals surface area (Å²) in [5, 5.41) is 12.3. The Morgan fingerprint density at radius 1 is 1.14 bits per heavy atom. The van der Waals surface area contributed by atoms with Crippen LogP contribution in [0, 0.1) is 0 Å². The number of benzene rings is 1. The third-order valence-corrected chi connectivity index (χ3v) is 6.53. The number of rotatable bonds is 4. The molecule has 2 saturated heterocycles. The summed E-state index contributed by atoms with van der Waals surface area (Å²) in [6, 6.07) is 11.9. The van der Waals surface area contributed by atoms with E-state index in [2.05, 4.69) is 20.9 Å². The van der Waals surface area contributed by atoms with Crippen molar-refractivity contribution >= 4 is 38.9 Å². The van der Waals surface area contributed by atoms with Crippen molar-refractivity contribution in [3.8, 4) is 0 Å². The Bertz CT molecular complexity index is 1050. The van der Waals surface area contributed by atoms with Gasteiger partial charge in [0, 0.05) is 40.7 Å². The van der Waals surface area contributed by atoms with Crippen molar-refractivity contribution in [2.24, 2.45) is 0 Å². The zero-order valence-electron chi connectivity index (χ0n) is 15.1. The number of hydrogen-bond donors (Lipinski definition) is 3. The molecule has 4 heterocycles. The molecule has 2 fully saturated rings. The topological polar surface area (TPSA) is 83.1 Å². The number of pyridine rings is 1. The predicted octanol–water partition coefficient (Wildman–Crippen LogP) is 3.17. The van der Waals surface area contributed by atoms with Crippen molar-refractivity contribution in [1.29, 1.82) is 0 Å². The van der Waals surface area contributed by atoms with Crippen LogP contribution < -0.4 is 16.0 Å². The van der Waals surface area contributed by atoms with E-state index in [9.17, 15) is 9.59 Å². The molecule has 0 unspecified atom stereocenters. The maximum absolute atomic E-state index is 12.7. The second-order valence-corrected chi connectivity index (χ2v) is 8.31. The molecule has 3 aromatic rings. The SMILES string of the molecule is O=C(Nc1csc2cnc(C(=O)N[C@@H]3C[C@H]4CC[C@@H]3N4)cc12)c1ccccc1. The minimum atomic E-state index is -0.170. The second kappa shape index (κ2) is 7.00. The lowest BCUT2D eigenvalue weighted by atomic mass is 9.95. The molecule has 3 atom stereocenters. The van der Waals surface area contributed by atoms with Crippen LogP contribution in [0.25, 0.3) is 10.1 Å². The van der Waals surface area contributed by atoms with Crippen molar-refractivity contribution in [3.63, 3.8) is 0 Å². The fraction of sp³-hybridized carbons (Fsp3) is 0.286. The molecule has 3 N–H and O–H groups in total. The van der Waals surface area contributed by atoms with Gasteiger partial charge < -0.3 is 16.0 Å². The lowest BCUT2D eigenvalue weighted by molar-refractivity contribution is 0.0925. The molecule has 142 valence electrons. The van der Waals surface area contributed by atoms with Crippen LogP contribution in [0.3, 0.4) is 0 Å². The summed E-state index contributed by atoms with van der Waals surface area (Å²) in [4.78, 5) is 29.5. The van der Waals surface area contributed by atoms with E-state index >= 15 is 0 Å². The molecule has 2 aliphatic heterocycles. The molecule has 2 aliphatic rings. The molecule has 5 rings (SSSR count). The average Bonchev–Trinajstić information content (AvgIpc) is 3.44. The molecule has 7 heteroatoms. The molecule has 28 heavy (non-hydrogen) atoms. The smallest absolute Gasteiger partial charge is 0.270 e. The highest BCUT2D eigenvalue weighted by atomic mass is 32.1. The van der Waals surface area contributed by atoms with Crippen LogP contribution in [-0.4, -0.2) is 34.9 Å². The van der Waals surface area contributed by atoms with Crippen molar-refractivity contribution in [1.82, 2.24) is 15.6 Å². The van der Waals surface area contributed by atoms with Crippen LogP contribution in [0.5, 0.6) is 0 Å². The molecule has 1 aromatic carbocycles. The largest absolute Gasteiger partial charge is 0.346 e. The molecule has 6 nitrogen and oxygen atoms in total. The number of nitrogens with one attached hydrogen (secondary N) is 3. The second-order valence-electron chi connectivity index (χ2n) is 7.40. The number of amides is 2. The maximum Gasteiger partial charge on any atom is 0.270 e. The van der Waals surface area contributed by atoms with E-state index in [-0.39, 0.29) is 17.9 Å². The summed E-state index contributed by atoms with van der Waals surface area (Å²) < 4.78 is 0.932. The molecule has 0 spiro atoms. The van der Waals surface area contributed by atoms with Crippen molar-refractivity contribution < 1.29 is 9.59 Å². The van der Waals surface area contributed by atoms with Crippen LogP contribution >= 0.6 is 11.3 Å². The van der Waals surface area contributed by atoms with E-state index in [1.165, 1.54) is 17.8 Å². The minimum Gasteiger partial charge on any atom is -0.346 e. The Hall–Kier alpha value is -2.77. The summed E-state index contributed by atoms with van der Waals surface area (Å²) in [6.45, 7) is 0. The highest BCUT2D eigenvalue weighted by Crippen LogP contribution is 2.31. The van der Waals surface area contributed by atoms with Gasteiger partial charge in [-0.2, -0.15) is 0 Å². The zero-order chi connectivity index (χ0) is 19.1. The minimum absolute atomic E-state index is 0.159. The number of aromatic nitrogens is 1. The first-order valence-corrected chi connectivity index (χ1v) is 10.4. The van der Waals surface area contributed by atoms with Gasteiger partial charge in [-0.15, -0.1) is 11.3 Å². The Morgan fingerprint density at radius 3 is 2.75 bits per heavy atom. The molecule has 0 aliphatic carbocycles. The Morgan fingerprint density at radius 2 is 2.00 bits per heavy atom. The standard InChI is InChI=1S/C21H20N4O2S/c26-20(12-4-2-1-3-5-12)25-18-11-28-19-10-22-17(9-14(18)19)21(27)24-16-8-13-6-7-15(16)23-13/h1-5,9-11,13,15-16,23H,6-8H2,(H,24,27)(H,25,26)/t13-,15+,16-/m1/s1. The van der Waals surface area contributed by atoms with Crippen molar-refractivity contribution in [2.45, 2.75) is 37.4 Å². The fourth-order valence-corrected chi connectivity index (χ4v) is 5.00. The highest BCUT2D eigenvalue weighted by Gasteiger charge is 2.39. The number of fused-ring (bicyclic) bond motifs is 3. The van der Waals surface area contributed by atoms with Gasteiger partial charge in [-0.05, 0) is 37.5 Å². The van der Waals surface area contributed by atoms with Crippen molar-refractivity contribution in [2.75, 3.05) is 5.32 Å². The van der Waals surface area contributed by atoms with Gasteiger partial charge in [0.1, 0.15) is 5.69 Å². The predicted molar refractivity (Wildman–Crippen MR) is 110 cm³/mol. The summed E-state index contributed by atoms with van der Waals surface area (Å²) in [5.74, 6) is -0.330. The van der Waals surface area contributed by atoms with E-state index in [1.807, 2.05) is 23.6 Å². The summed E-state index contributed by atoms with van der Waals surface area (Å²) in [6.07, 6.45) is 4.99. The van der Waals surface area contributed by atoms with Gasteiger partial charge >= 0.3 is 0 Å². The summed E-state index contributed by atoms with van der Waals surface area (Å²) in [5.41, 5.74) is 1.67. The fourth-order valence-electron chi connectivity index (χ4n) is 4.16. The lowest BCUT2D eigenvalue weighted by Crippen LogP contribution is -2.43. The van der Waals surface area contributed by atoms with Gasteiger partial charge in [-0.1, -0.05) is 18.2 Å². The third kappa shape index (κ3) is 3.16. The average molecular weight is 392 g/mol. The first-order chi connectivity index (χ1) is 13.7. The summed E-state index contributed by atoms with van der Waals surface area (Å²) in [7, 11) is 0. The number of anilines is 1. The van der Waals surface area contributed by atoms with Gasteiger partial charge in [0.2, 0.25) is 0 Å². The van der Waals surface area contributed by atoms with Gasteiger partial charge in [0.05, 0.1) is 10.4 Å². The molecular formula is C21H20N4O2S. The monoisotopic (exact) mass is 392 g/mol. The van der Waals surface area contributed by atoms with Crippen LogP contribution in [0.1, 0.15) is 40.1 Å². The molecule has 0 saturated carbocycles. The van der Waals surface area contributed by atoms with Crippen LogP contribution in [0.2, 0.25) is 0 Å². The Labute approximate surface area is 166 Å². The number of nitrogens with zero attached hydrogens (tertiary/aromatic N) is 1. The normalized spacial score (nSPS) is 23.1. The third-order valence-electron chi connectivity index (χ3n) is 5.59. The summed E-state index contributed by atoms with van der Waals surface area (Å²) >= 11 is 1.50. The first kappa shape index (κ1) is 17.3. The number of thiophene rings is 1. The van der Waals surface area contributed by atoms with Gasteiger partial charge in [0.25, 0.3) is 11.8 Å². The number of carbonyl (C=O) groups is 2. The molecule has 0 radical (unpaired) electrons.